The molecule has 0 heterocycles. The van der Waals surface area contributed by atoms with Gasteiger partial charge in [0.2, 0.25) is 0 Å². The molecule has 0 spiro atoms. The average molecular weight is 360 g/mol. The van der Waals surface area contributed by atoms with E-state index in [0.717, 1.165) is 5.57 Å². The van der Waals surface area contributed by atoms with Crippen molar-refractivity contribution in [2.24, 2.45) is 0 Å². The third-order valence-electron chi connectivity index (χ3n) is 2.18. The Labute approximate surface area is 119 Å². The molecule has 18 heavy (non-hydrogen) atoms. The normalized spacial score (nSPS) is 9.72. The fourth-order valence-corrected chi connectivity index (χ4v) is 1.82. The molecule has 0 bridgehead atoms. The Morgan fingerprint density at radius 1 is 1.50 bits per heavy atom. The summed E-state index contributed by atoms with van der Waals surface area (Å²) in [5.74, 6) is -0.305. The van der Waals surface area contributed by atoms with Crippen LogP contribution in [0.25, 0.3) is 0 Å². The quantitative estimate of drug-likeness (QED) is 0.388. The standard InChI is InChI=1S/C12H13IN2O3/c1-8(2)5-6-14-12(16)10-7-9(15(17)18)3-4-11(10)13/h3-5,7H,6H2,1-2H3,(H,14,16). The molecule has 0 aliphatic rings. The number of halogens is 1. The van der Waals surface area contributed by atoms with E-state index < -0.39 is 4.92 Å². The summed E-state index contributed by atoms with van der Waals surface area (Å²) in [6.45, 7) is 4.28. The number of nitro benzene ring substituents is 1. The van der Waals surface area contributed by atoms with E-state index in [1.807, 2.05) is 42.5 Å². The number of nitro groups is 1. The Balaban J connectivity index is 2.88. The van der Waals surface area contributed by atoms with Crippen LogP contribution in [-0.2, 0) is 0 Å². The highest BCUT2D eigenvalue weighted by Gasteiger charge is 2.14. The zero-order valence-corrected chi connectivity index (χ0v) is 12.2. The van der Waals surface area contributed by atoms with Gasteiger partial charge in [-0.15, -0.1) is 0 Å². The highest BCUT2D eigenvalue weighted by Crippen LogP contribution is 2.19. The van der Waals surface area contributed by atoms with Crippen LogP contribution in [0.1, 0.15) is 24.2 Å². The van der Waals surface area contributed by atoms with Crippen molar-refractivity contribution in [1.82, 2.24) is 5.32 Å². The minimum atomic E-state index is -0.511. The maximum atomic E-state index is 11.9. The van der Waals surface area contributed by atoms with Crippen molar-refractivity contribution in [3.8, 4) is 0 Å². The smallest absolute Gasteiger partial charge is 0.270 e. The Bertz CT molecular complexity index is 508. The number of carbonyl (C=O) groups is 1. The van der Waals surface area contributed by atoms with E-state index in [1.54, 1.807) is 6.07 Å². The lowest BCUT2D eigenvalue weighted by Gasteiger charge is -2.05. The highest BCUT2D eigenvalue weighted by atomic mass is 127. The second-order valence-corrected chi connectivity index (χ2v) is 5.07. The summed E-state index contributed by atoms with van der Waals surface area (Å²) in [6, 6.07) is 4.24. The molecule has 96 valence electrons. The number of hydrogen-bond donors (Lipinski definition) is 1. The minimum Gasteiger partial charge on any atom is -0.349 e. The molecule has 0 aliphatic carbocycles. The summed E-state index contributed by atoms with van der Waals surface area (Å²) in [5, 5.41) is 13.3. The largest absolute Gasteiger partial charge is 0.349 e. The molecule has 1 N–H and O–H groups in total. The van der Waals surface area contributed by atoms with E-state index >= 15 is 0 Å². The van der Waals surface area contributed by atoms with E-state index in [0.29, 0.717) is 15.7 Å². The molecule has 0 radical (unpaired) electrons. The number of hydrogen-bond acceptors (Lipinski definition) is 3. The number of benzene rings is 1. The van der Waals surface area contributed by atoms with Gasteiger partial charge in [-0.2, -0.15) is 0 Å². The molecule has 1 aromatic rings. The van der Waals surface area contributed by atoms with Crippen molar-refractivity contribution < 1.29 is 9.72 Å². The molecular weight excluding hydrogens is 347 g/mol. The Hall–Kier alpha value is -1.44. The van der Waals surface area contributed by atoms with Crippen LogP contribution in [0.5, 0.6) is 0 Å². The van der Waals surface area contributed by atoms with Gasteiger partial charge in [0.25, 0.3) is 11.6 Å². The first-order chi connectivity index (χ1) is 8.41. The monoisotopic (exact) mass is 360 g/mol. The van der Waals surface area contributed by atoms with Crippen LogP contribution >= 0.6 is 22.6 Å². The number of allylic oxidation sites excluding steroid dienone is 1. The summed E-state index contributed by atoms with van der Waals surface area (Å²) in [7, 11) is 0. The first-order valence-electron chi connectivity index (χ1n) is 5.27. The van der Waals surface area contributed by atoms with Crippen LogP contribution in [-0.4, -0.2) is 17.4 Å². The van der Waals surface area contributed by atoms with Gasteiger partial charge < -0.3 is 5.32 Å². The molecule has 0 aliphatic heterocycles. The molecule has 1 rings (SSSR count). The number of nitrogens with one attached hydrogen (secondary N) is 1. The Morgan fingerprint density at radius 2 is 2.17 bits per heavy atom. The van der Waals surface area contributed by atoms with Crippen LogP contribution in [0, 0.1) is 13.7 Å². The summed E-state index contributed by atoms with van der Waals surface area (Å²) >= 11 is 1.98. The lowest BCUT2D eigenvalue weighted by molar-refractivity contribution is -0.384. The SMILES string of the molecule is CC(C)=CCNC(=O)c1cc([N+](=O)[O-])ccc1I. The van der Waals surface area contributed by atoms with Crippen LogP contribution in [0.3, 0.4) is 0 Å². The van der Waals surface area contributed by atoms with Gasteiger partial charge in [0.05, 0.1) is 10.5 Å². The molecule has 1 aromatic carbocycles. The van der Waals surface area contributed by atoms with Crippen LogP contribution < -0.4 is 5.32 Å². The Morgan fingerprint density at radius 3 is 2.72 bits per heavy atom. The number of nitrogens with zero attached hydrogens (tertiary/aromatic N) is 1. The van der Waals surface area contributed by atoms with Crippen LogP contribution in [0.2, 0.25) is 0 Å². The maximum absolute atomic E-state index is 11.9. The van der Waals surface area contributed by atoms with Crippen molar-refractivity contribution in [1.29, 1.82) is 0 Å². The van der Waals surface area contributed by atoms with Gasteiger partial charge in [-0.25, -0.2) is 0 Å². The summed E-state index contributed by atoms with van der Waals surface area (Å²) < 4.78 is 0.688. The molecule has 6 heteroatoms. The van der Waals surface area contributed by atoms with Gasteiger partial charge in [0, 0.05) is 22.2 Å². The summed E-state index contributed by atoms with van der Waals surface area (Å²) in [4.78, 5) is 22.0. The van der Waals surface area contributed by atoms with E-state index in [-0.39, 0.29) is 11.6 Å². The predicted molar refractivity (Wildman–Crippen MR) is 77.6 cm³/mol. The highest BCUT2D eigenvalue weighted by molar-refractivity contribution is 14.1. The van der Waals surface area contributed by atoms with Crippen molar-refractivity contribution in [3.63, 3.8) is 0 Å². The molecule has 0 aromatic heterocycles. The second kappa shape index (κ2) is 6.48. The van der Waals surface area contributed by atoms with Crippen LogP contribution in [0.4, 0.5) is 5.69 Å². The van der Waals surface area contributed by atoms with Gasteiger partial charge >= 0.3 is 0 Å². The zero-order chi connectivity index (χ0) is 13.7. The fraction of sp³-hybridized carbons (Fsp3) is 0.250. The fourth-order valence-electron chi connectivity index (χ4n) is 1.24. The first-order valence-corrected chi connectivity index (χ1v) is 6.35. The van der Waals surface area contributed by atoms with Crippen molar-refractivity contribution >= 4 is 34.2 Å². The van der Waals surface area contributed by atoms with Gasteiger partial charge in [0.15, 0.2) is 0 Å². The number of rotatable bonds is 4. The van der Waals surface area contributed by atoms with Crippen LogP contribution in [0.15, 0.2) is 29.8 Å². The van der Waals surface area contributed by atoms with Crippen molar-refractivity contribution in [2.45, 2.75) is 13.8 Å². The van der Waals surface area contributed by atoms with Crippen molar-refractivity contribution in [3.05, 3.63) is 49.1 Å². The molecular formula is C12H13IN2O3. The molecule has 0 saturated carbocycles. The topological polar surface area (TPSA) is 72.2 Å². The van der Waals surface area contributed by atoms with Gasteiger partial charge in [-0.1, -0.05) is 11.6 Å². The lowest BCUT2D eigenvalue weighted by atomic mass is 10.2. The molecule has 5 nitrogen and oxygen atoms in total. The zero-order valence-electron chi connectivity index (χ0n) is 10.1. The summed E-state index contributed by atoms with van der Waals surface area (Å²) in [5.41, 5.74) is 1.35. The van der Waals surface area contributed by atoms with Gasteiger partial charge in [-0.05, 0) is 42.5 Å². The predicted octanol–water partition coefficient (Wildman–Crippen LogP) is 2.90. The number of non-ortho nitro benzene ring substituents is 1. The number of carbonyl (C=O) groups excluding carboxylic acids is 1. The lowest BCUT2D eigenvalue weighted by Crippen LogP contribution is -2.24. The van der Waals surface area contributed by atoms with E-state index in [4.69, 9.17) is 0 Å². The van der Waals surface area contributed by atoms with Gasteiger partial charge in [0.1, 0.15) is 0 Å². The average Bonchev–Trinajstić information content (AvgIpc) is 2.28. The first kappa shape index (κ1) is 14.6. The van der Waals surface area contributed by atoms with Crippen molar-refractivity contribution in [2.75, 3.05) is 6.54 Å². The van der Waals surface area contributed by atoms with E-state index in [1.165, 1.54) is 12.1 Å². The maximum Gasteiger partial charge on any atom is 0.270 e. The minimum absolute atomic E-state index is 0.0808. The number of amides is 1. The van der Waals surface area contributed by atoms with Gasteiger partial charge in [-0.3, -0.25) is 14.9 Å². The van der Waals surface area contributed by atoms with E-state index in [2.05, 4.69) is 5.32 Å². The Kier molecular flexibility index (Phi) is 5.26. The third kappa shape index (κ3) is 4.10. The molecule has 0 unspecified atom stereocenters. The molecule has 1 amide bonds. The molecule has 0 saturated heterocycles. The van der Waals surface area contributed by atoms with E-state index in [9.17, 15) is 14.9 Å². The third-order valence-corrected chi connectivity index (χ3v) is 3.12. The molecule has 0 fully saturated rings. The summed E-state index contributed by atoms with van der Waals surface area (Å²) in [6.07, 6.45) is 1.88. The molecule has 0 atom stereocenters. The second-order valence-electron chi connectivity index (χ2n) is 3.91.